The molecule has 0 aliphatic carbocycles. The van der Waals surface area contributed by atoms with Crippen LogP contribution in [0.3, 0.4) is 0 Å². The molecule has 0 amide bonds. The van der Waals surface area contributed by atoms with Crippen molar-refractivity contribution < 1.29 is 0 Å². The molecule has 5 rings (SSSR count). The molecule has 2 aromatic carbocycles. The average Bonchev–Trinajstić information content (AvgIpc) is 3.35. The molecule has 3 heterocycles. The van der Waals surface area contributed by atoms with Crippen molar-refractivity contribution in [2.75, 3.05) is 5.75 Å². The molecule has 6 heteroatoms. The first-order chi connectivity index (χ1) is 14.2. The summed E-state index contributed by atoms with van der Waals surface area (Å²) >= 11 is 1.73. The van der Waals surface area contributed by atoms with Gasteiger partial charge in [0.2, 0.25) is 0 Å². The fraction of sp³-hybridized carbons (Fsp3) is 0.174. The molecule has 3 aromatic heterocycles. The minimum absolute atomic E-state index is 0.831. The number of aromatic nitrogens is 5. The minimum Gasteiger partial charge on any atom is -0.274 e. The standard InChI is InChI=1S/C23H21N5S/c1-16-8-9-19(14-17(16)2)20-15-21-22-24-25-23(27(22)11-12-28(21)26-20)29-13-10-18-6-4-3-5-7-18/h3-9,11-12,14-15H,10,13H2,1-2H3. The molecule has 0 aliphatic heterocycles. The number of hydrogen-bond acceptors (Lipinski definition) is 4. The Hall–Kier alpha value is -3.12. The summed E-state index contributed by atoms with van der Waals surface area (Å²) in [7, 11) is 0. The summed E-state index contributed by atoms with van der Waals surface area (Å²) in [6.45, 7) is 4.25. The van der Waals surface area contributed by atoms with Crippen LogP contribution in [0.1, 0.15) is 16.7 Å². The van der Waals surface area contributed by atoms with Crippen LogP contribution in [0.4, 0.5) is 0 Å². The van der Waals surface area contributed by atoms with E-state index in [0.29, 0.717) is 0 Å². The van der Waals surface area contributed by atoms with Gasteiger partial charge in [-0.15, -0.1) is 10.2 Å². The summed E-state index contributed by atoms with van der Waals surface area (Å²) in [4.78, 5) is 0. The van der Waals surface area contributed by atoms with Crippen LogP contribution >= 0.6 is 11.8 Å². The second-order valence-electron chi connectivity index (χ2n) is 7.22. The fourth-order valence-electron chi connectivity index (χ4n) is 3.44. The van der Waals surface area contributed by atoms with Gasteiger partial charge in [-0.1, -0.05) is 54.2 Å². The molecular formula is C23H21N5S. The highest BCUT2D eigenvalue weighted by Gasteiger charge is 2.13. The Morgan fingerprint density at radius 2 is 1.76 bits per heavy atom. The molecule has 29 heavy (non-hydrogen) atoms. The van der Waals surface area contributed by atoms with Crippen LogP contribution in [-0.2, 0) is 6.42 Å². The summed E-state index contributed by atoms with van der Waals surface area (Å²) in [6.07, 6.45) is 4.97. The lowest BCUT2D eigenvalue weighted by atomic mass is 10.0. The van der Waals surface area contributed by atoms with Crippen LogP contribution in [0.2, 0.25) is 0 Å². The van der Waals surface area contributed by atoms with Gasteiger partial charge < -0.3 is 0 Å². The van der Waals surface area contributed by atoms with Gasteiger partial charge in [0.15, 0.2) is 10.8 Å². The molecule has 0 bridgehead atoms. The third kappa shape index (κ3) is 3.40. The van der Waals surface area contributed by atoms with Crippen LogP contribution in [0.5, 0.6) is 0 Å². The number of thioether (sulfide) groups is 1. The Morgan fingerprint density at radius 3 is 2.59 bits per heavy atom. The van der Waals surface area contributed by atoms with Crippen LogP contribution in [0.25, 0.3) is 22.4 Å². The van der Waals surface area contributed by atoms with E-state index in [1.807, 2.05) is 23.0 Å². The highest BCUT2D eigenvalue weighted by atomic mass is 32.2. The van der Waals surface area contributed by atoms with Crippen LogP contribution in [0.15, 0.2) is 72.1 Å². The molecular weight excluding hydrogens is 378 g/mol. The van der Waals surface area contributed by atoms with Crippen molar-refractivity contribution in [3.8, 4) is 11.3 Å². The smallest absolute Gasteiger partial charge is 0.195 e. The molecule has 0 saturated carbocycles. The largest absolute Gasteiger partial charge is 0.274 e. The van der Waals surface area contributed by atoms with Crippen molar-refractivity contribution in [3.63, 3.8) is 0 Å². The number of fused-ring (bicyclic) bond motifs is 3. The number of benzene rings is 2. The summed E-state index contributed by atoms with van der Waals surface area (Å²) in [6, 6.07) is 19.1. The maximum atomic E-state index is 4.74. The molecule has 5 aromatic rings. The number of rotatable bonds is 5. The number of aryl methyl sites for hydroxylation is 3. The fourth-order valence-corrected chi connectivity index (χ4v) is 4.34. The third-order valence-corrected chi connectivity index (χ3v) is 6.20. The normalized spacial score (nSPS) is 11.5. The molecule has 0 atom stereocenters. The highest BCUT2D eigenvalue weighted by molar-refractivity contribution is 7.99. The lowest BCUT2D eigenvalue weighted by molar-refractivity contribution is 0.895. The zero-order valence-corrected chi connectivity index (χ0v) is 17.2. The van der Waals surface area contributed by atoms with E-state index in [9.17, 15) is 0 Å². The Labute approximate surface area is 173 Å². The van der Waals surface area contributed by atoms with Crippen molar-refractivity contribution in [2.24, 2.45) is 0 Å². The Bertz CT molecular complexity index is 1300. The second kappa shape index (κ2) is 7.37. The quantitative estimate of drug-likeness (QED) is 0.390. The van der Waals surface area contributed by atoms with E-state index in [-0.39, 0.29) is 0 Å². The average molecular weight is 400 g/mol. The van der Waals surface area contributed by atoms with Crippen LogP contribution in [0, 0.1) is 13.8 Å². The third-order valence-electron chi connectivity index (χ3n) is 5.25. The molecule has 144 valence electrons. The first-order valence-electron chi connectivity index (χ1n) is 9.66. The van der Waals surface area contributed by atoms with Gasteiger partial charge in [0.05, 0.1) is 5.69 Å². The molecule has 5 nitrogen and oxygen atoms in total. The first kappa shape index (κ1) is 17.9. The molecule has 0 saturated heterocycles. The number of nitrogens with zero attached hydrogens (tertiary/aromatic N) is 5. The van der Waals surface area contributed by atoms with Crippen molar-refractivity contribution in [3.05, 3.63) is 83.7 Å². The van der Waals surface area contributed by atoms with Crippen LogP contribution < -0.4 is 0 Å². The molecule has 0 fully saturated rings. The Morgan fingerprint density at radius 1 is 0.897 bits per heavy atom. The van der Waals surface area contributed by atoms with E-state index < -0.39 is 0 Å². The zero-order valence-electron chi connectivity index (χ0n) is 16.4. The van der Waals surface area contributed by atoms with Crippen LogP contribution in [-0.4, -0.2) is 30.0 Å². The van der Waals surface area contributed by atoms with Gasteiger partial charge in [0.1, 0.15) is 5.52 Å². The second-order valence-corrected chi connectivity index (χ2v) is 8.28. The summed E-state index contributed by atoms with van der Waals surface area (Å²) < 4.78 is 3.93. The molecule has 0 spiro atoms. The summed E-state index contributed by atoms with van der Waals surface area (Å²) in [5.41, 5.74) is 7.75. The van der Waals surface area contributed by atoms with E-state index >= 15 is 0 Å². The van der Waals surface area contributed by atoms with Gasteiger partial charge in [-0.05, 0) is 49.1 Å². The topological polar surface area (TPSA) is 47.5 Å². The predicted octanol–water partition coefficient (Wildman–Crippen LogP) is 5.00. The van der Waals surface area contributed by atoms with E-state index in [0.717, 1.165) is 39.8 Å². The van der Waals surface area contributed by atoms with Gasteiger partial charge in [-0.2, -0.15) is 5.10 Å². The SMILES string of the molecule is Cc1ccc(-c2cc3c4nnc(SCCc5ccccc5)n4ccn3n2)cc1C. The predicted molar refractivity (Wildman–Crippen MR) is 118 cm³/mol. The summed E-state index contributed by atoms with van der Waals surface area (Å²) in [5.74, 6) is 0.961. The number of hydrogen-bond donors (Lipinski definition) is 0. The van der Waals surface area contributed by atoms with Crippen molar-refractivity contribution >= 4 is 22.9 Å². The van der Waals surface area contributed by atoms with Gasteiger partial charge in [-0.25, -0.2) is 4.52 Å². The van der Waals surface area contributed by atoms with Gasteiger partial charge in [-0.3, -0.25) is 4.40 Å². The Kier molecular flexibility index (Phi) is 4.56. The molecule has 0 unspecified atom stereocenters. The van der Waals surface area contributed by atoms with E-state index in [1.54, 1.807) is 11.8 Å². The van der Waals surface area contributed by atoms with Gasteiger partial charge in [0.25, 0.3) is 0 Å². The van der Waals surface area contributed by atoms with Crippen molar-refractivity contribution in [1.82, 2.24) is 24.2 Å². The van der Waals surface area contributed by atoms with Crippen molar-refractivity contribution in [2.45, 2.75) is 25.4 Å². The lowest BCUT2D eigenvalue weighted by Gasteiger charge is -2.02. The molecule has 0 aliphatic rings. The summed E-state index contributed by atoms with van der Waals surface area (Å²) in [5, 5.41) is 14.5. The van der Waals surface area contributed by atoms with Gasteiger partial charge in [0, 0.05) is 23.7 Å². The highest BCUT2D eigenvalue weighted by Crippen LogP contribution is 2.25. The lowest BCUT2D eigenvalue weighted by Crippen LogP contribution is -1.95. The monoisotopic (exact) mass is 399 g/mol. The maximum absolute atomic E-state index is 4.74. The maximum Gasteiger partial charge on any atom is 0.195 e. The van der Waals surface area contributed by atoms with Gasteiger partial charge >= 0.3 is 0 Å². The van der Waals surface area contributed by atoms with Crippen molar-refractivity contribution in [1.29, 1.82) is 0 Å². The van der Waals surface area contributed by atoms with E-state index in [2.05, 4.69) is 77.0 Å². The first-order valence-corrected chi connectivity index (χ1v) is 10.6. The van der Waals surface area contributed by atoms with E-state index in [4.69, 9.17) is 5.10 Å². The Balaban J connectivity index is 1.44. The molecule has 0 radical (unpaired) electrons. The molecule has 0 N–H and O–H groups in total. The van der Waals surface area contributed by atoms with E-state index in [1.165, 1.54) is 16.7 Å². The minimum atomic E-state index is 0.831. The zero-order chi connectivity index (χ0) is 19.8.